The van der Waals surface area contributed by atoms with E-state index in [9.17, 15) is 0 Å². The Hall–Kier alpha value is -1.74. The molecular formula is C20H20Cl2N2. The first kappa shape index (κ1) is 17.1. The van der Waals surface area contributed by atoms with Crippen molar-refractivity contribution < 1.29 is 0 Å². The first-order valence-electron chi connectivity index (χ1n) is 7.93. The fraction of sp³-hybridized carbons (Fsp3) is 0.200. The summed E-state index contributed by atoms with van der Waals surface area (Å²) in [6.45, 7) is 5.93. The molecule has 0 saturated carbocycles. The van der Waals surface area contributed by atoms with Crippen molar-refractivity contribution in [1.82, 2.24) is 9.88 Å². The second kappa shape index (κ2) is 7.43. The van der Waals surface area contributed by atoms with Crippen LogP contribution in [0, 0.1) is 13.8 Å². The van der Waals surface area contributed by atoms with Crippen molar-refractivity contribution in [3.8, 4) is 5.69 Å². The van der Waals surface area contributed by atoms with Gasteiger partial charge in [0.05, 0.1) is 0 Å². The van der Waals surface area contributed by atoms with E-state index in [1.54, 1.807) is 0 Å². The summed E-state index contributed by atoms with van der Waals surface area (Å²) in [6, 6.07) is 18.1. The molecule has 1 heterocycles. The number of benzene rings is 2. The van der Waals surface area contributed by atoms with Crippen LogP contribution in [-0.2, 0) is 13.1 Å². The molecule has 0 aliphatic rings. The standard InChI is InChI=1S/C20H20Cl2N2/c1-14-11-17(13-23-12-16-3-5-18(21)6-4-16)15(2)24(14)20-9-7-19(22)8-10-20/h3-11,23H,12-13H2,1-2H3. The lowest BCUT2D eigenvalue weighted by Crippen LogP contribution is -2.13. The third-order valence-corrected chi connectivity index (χ3v) is 4.68. The van der Waals surface area contributed by atoms with Gasteiger partial charge in [0.25, 0.3) is 0 Å². The van der Waals surface area contributed by atoms with E-state index < -0.39 is 0 Å². The van der Waals surface area contributed by atoms with Gasteiger partial charge in [-0.25, -0.2) is 0 Å². The summed E-state index contributed by atoms with van der Waals surface area (Å²) in [5.41, 5.74) is 6.14. The largest absolute Gasteiger partial charge is 0.318 e. The van der Waals surface area contributed by atoms with Crippen LogP contribution in [0.5, 0.6) is 0 Å². The lowest BCUT2D eigenvalue weighted by Gasteiger charge is -2.10. The van der Waals surface area contributed by atoms with Gasteiger partial charge in [0, 0.05) is 40.2 Å². The zero-order chi connectivity index (χ0) is 17.1. The van der Waals surface area contributed by atoms with Gasteiger partial charge >= 0.3 is 0 Å². The maximum atomic E-state index is 5.99. The Labute approximate surface area is 153 Å². The molecule has 1 N–H and O–H groups in total. The molecule has 0 atom stereocenters. The van der Waals surface area contributed by atoms with Crippen LogP contribution in [-0.4, -0.2) is 4.57 Å². The van der Waals surface area contributed by atoms with Crippen molar-refractivity contribution >= 4 is 23.2 Å². The number of hydrogen-bond donors (Lipinski definition) is 1. The lowest BCUT2D eigenvalue weighted by molar-refractivity contribution is 0.689. The monoisotopic (exact) mass is 358 g/mol. The Morgan fingerprint density at radius 3 is 2.04 bits per heavy atom. The van der Waals surface area contributed by atoms with Gasteiger partial charge in [0.15, 0.2) is 0 Å². The molecule has 3 aromatic rings. The van der Waals surface area contributed by atoms with E-state index in [1.165, 1.54) is 22.5 Å². The highest BCUT2D eigenvalue weighted by molar-refractivity contribution is 6.30. The zero-order valence-electron chi connectivity index (χ0n) is 13.8. The first-order chi connectivity index (χ1) is 11.5. The molecule has 0 amide bonds. The first-order valence-corrected chi connectivity index (χ1v) is 8.69. The minimum atomic E-state index is 0.756. The summed E-state index contributed by atoms with van der Waals surface area (Å²) < 4.78 is 2.26. The number of nitrogens with one attached hydrogen (secondary N) is 1. The Balaban J connectivity index is 1.72. The smallest absolute Gasteiger partial charge is 0.0456 e. The molecule has 1 aromatic heterocycles. The highest BCUT2D eigenvalue weighted by Crippen LogP contribution is 2.22. The normalized spacial score (nSPS) is 11.0. The summed E-state index contributed by atoms with van der Waals surface area (Å²) in [5.74, 6) is 0. The average molecular weight is 359 g/mol. The molecule has 0 saturated heterocycles. The molecule has 3 rings (SSSR count). The van der Waals surface area contributed by atoms with Gasteiger partial charge < -0.3 is 9.88 Å². The maximum absolute atomic E-state index is 5.99. The van der Waals surface area contributed by atoms with Gasteiger partial charge in [-0.2, -0.15) is 0 Å². The highest BCUT2D eigenvalue weighted by Gasteiger charge is 2.10. The molecule has 4 heteroatoms. The van der Waals surface area contributed by atoms with Gasteiger partial charge in [0.1, 0.15) is 0 Å². The molecular weight excluding hydrogens is 339 g/mol. The number of hydrogen-bond acceptors (Lipinski definition) is 1. The lowest BCUT2D eigenvalue weighted by atomic mass is 10.2. The van der Waals surface area contributed by atoms with Crippen LogP contribution < -0.4 is 5.32 Å². The molecule has 24 heavy (non-hydrogen) atoms. The Kier molecular flexibility index (Phi) is 5.30. The van der Waals surface area contributed by atoms with Crippen molar-refractivity contribution in [2.45, 2.75) is 26.9 Å². The van der Waals surface area contributed by atoms with E-state index in [-0.39, 0.29) is 0 Å². The van der Waals surface area contributed by atoms with Crippen molar-refractivity contribution in [3.05, 3.63) is 87.2 Å². The molecule has 0 bridgehead atoms. The summed E-state index contributed by atoms with van der Waals surface area (Å²) in [6.07, 6.45) is 0. The topological polar surface area (TPSA) is 17.0 Å². The number of nitrogens with zero attached hydrogens (tertiary/aromatic N) is 1. The number of aryl methyl sites for hydroxylation is 1. The van der Waals surface area contributed by atoms with E-state index in [0.29, 0.717) is 0 Å². The van der Waals surface area contributed by atoms with Gasteiger partial charge in [0.2, 0.25) is 0 Å². The molecule has 0 radical (unpaired) electrons. The Morgan fingerprint density at radius 1 is 0.833 bits per heavy atom. The second-order valence-electron chi connectivity index (χ2n) is 5.94. The van der Waals surface area contributed by atoms with Crippen molar-refractivity contribution in [1.29, 1.82) is 0 Å². The molecule has 0 aliphatic heterocycles. The van der Waals surface area contributed by atoms with Crippen LogP contribution in [0.2, 0.25) is 10.0 Å². The van der Waals surface area contributed by atoms with E-state index in [4.69, 9.17) is 23.2 Å². The third kappa shape index (κ3) is 3.84. The van der Waals surface area contributed by atoms with Gasteiger partial charge in [-0.15, -0.1) is 0 Å². The molecule has 0 spiro atoms. The number of aromatic nitrogens is 1. The predicted molar refractivity (Wildman–Crippen MR) is 102 cm³/mol. The van der Waals surface area contributed by atoms with Crippen molar-refractivity contribution in [2.75, 3.05) is 0 Å². The molecule has 2 aromatic carbocycles. The third-order valence-electron chi connectivity index (χ3n) is 4.18. The van der Waals surface area contributed by atoms with E-state index in [2.05, 4.69) is 29.8 Å². The van der Waals surface area contributed by atoms with Gasteiger partial charge in [-0.3, -0.25) is 0 Å². The molecule has 0 aliphatic carbocycles. The van der Waals surface area contributed by atoms with Crippen LogP contribution in [0.1, 0.15) is 22.5 Å². The fourth-order valence-electron chi connectivity index (χ4n) is 2.94. The molecule has 0 fully saturated rings. The van der Waals surface area contributed by atoms with E-state index in [0.717, 1.165) is 28.8 Å². The van der Waals surface area contributed by atoms with Gasteiger partial charge in [-0.05, 0) is 67.4 Å². The van der Waals surface area contributed by atoms with E-state index in [1.807, 2.05) is 48.5 Å². The summed E-state index contributed by atoms with van der Waals surface area (Å²) in [5, 5.41) is 5.03. The number of halogens is 2. The highest BCUT2D eigenvalue weighted by atomic mass is 35.5. The van der Waals surface area contributed by atoms with Crippen molar-refractivity contribution in [3.63, 3.8) is 0 Å². The fourth-order valence-corrected chi connectivity index (χ4v) is 3.19. The predicted octanol–water partition coefficient (Wildman–Crippen LogP) is 5.69. The minimum absolute atomic E-state index is 0.756. The van der Waals surface area contributed by atoms with Gasteiger partial charge in [-0.1, -0.05) is 35.3 Å². The maximum Gasteiger partial charge on any atom is 0.0456 e. The molecule has 124 valence electrons. The Morgan fingerprint density at radius 2 is 1.42 bits per heavy atom. The zero-order valence-corrected chi connectivity index (χ0v) is 15.3. The van der Waals surface area contributed by atoms with Crippen LogP contribution in [0.4, 0.5) is 0 Å². The summed E-state index contributed by atoms with van der Waals surface area (Å²) >= 11 is 11.9. The van der Waals surface area contributed by atoms with Crippen molar-refractivity contribution in [2.24, 2.45) is 0 Å². The van der Waals surface area contributed by atoms with Crippen LogP contribution in [0.3, 0.4) is 0 Å². The number of rotatable bonds is 5. The minimum Gasteiger partial charge on any atom is -0.318 e. The molecule has 2 nitrogen and oxygen atoms in total. The average Bonchev–Trinajstić information content (AvgIpc) is 2.85. The van der Waals surface area contributed by atoms with E-state index >= 15 is 0 Å². The summed E-state index contributed by atoms with van der Waals surface area (Å²) in [4.78, 5) is 0. The van der Waals surface area contributed by atoms with Crippen LogP contribution >= 0.6 is 23.2 Å². The second-order valence-corrected chi connectivity index (χ2v) is 6.81. The quantitative estimate of drug-likeness (QED) is 0.619. The Bertz CT molecular complexity index is 818. The van der Waals surface area contributed by atoms with Crippen LogP contribution in [0.15, 0.2) is 54.6 Å². The van der Waals surface area contributed by atoms with Crippen LogP contribution in [0.25, 0.3) is 5.69 Å². The molecule has 0 unspecified atom stereocenters. The summed E-state index contributed by atoms with van der Waals surface area (Å²) in [7, 11) is 0. The SMILES string of the molecule is Cc1cc(CNCc2ccc(Cl)cc2)c(C)n1-c1ccc(Cl)cc1.